The molecule has 11 heavy (non-hydrogen) atoms. The normalized spacial score (nSPS) is 30.0. The van der Waals surface area contributed by atoms with Crippen LogP contribution in [0.15, 0.2) is 0 Å². The zero-order chi connectivity index (χ0) is 8.48. The van der Waals surface area contributed by atoms with E-state index in [0.717, 1.165) is 11.8 Å². The average Bonchev–Trinajstić information content (AvgIpc) is 2.39. The van der Waals surface area contributed by atoms with Gasteiger partial charge in [-0.2, -0.15) is 0 Å². The first-order chi connectivity index (χ1) is 5.06. The van der Waals surface area contributed by atoms with E-state index in [-0.39, 0.29) is 0 Å². The van der Waals surface area contributed by atoms with Gasteiger partial charge in [0.2, 0.25) is 0 Å². The molecule has 0 nitrogen and oxygen atoms in total. The van der Waals surface area contributed by atoms with Crippen LogP contribution in [0, 0.1) is 17.3 Å². The van der Waals surface area contributed by atoms with Gasteiger partial charge in [0.25, 0.3) is 0 Å². The molecule has 1 aliphatic carbocycles. The number of halogens is 1. The summed E-state index contributed by atoms with van der Waals surface area (Å²) in [7, 11) is 0. The van der Waals surface area contributed by atoms with E-state index < -0.39 is 0 Å². The lowest BCUT2D eigenvalue weighted by Gasteiger charge is -2.09. The molecule has 66 valence electrons. The molecule has 0 aromatic heterocycles. The molecule has 0 spiro atoms. The maximum Gasteiger partial charge on any atom is -0.000219 e. The fourth-order valence-electron chi connectivity index (χ4n) is 1.77. The molecule has 1 unspecified atom stereocenters. The standard InChI is InChI=1S/C10H19I/c1-8(4-5-11)6-9-7-10(9,2)3/h8-9H,4-7H2,1-3H3/t8?,9-/m1/s1. The fourth-order valence-corrected chi connectivity index (χ4v) is 2.83. The van der Waals surface area contributed by atoms with Gasteiger partial charge in [-0.05, 0) is 40.9 Å². The van der Waals surface area contributed by atoms with Crippen molar-refractivity contribution in [1.29, 1.82) is 0 Å². The minimum atomic E-state index is 0.694. The van der Waals surface area contributed by atoms with Crippen molar-refractivity contribution in [3.63, 3.8) is 0 Å². The molecule has 2 atom stereocenters. The quantitative estimate of drug-likeness (QED) is 0.535. The Morgan fingerprint density at radius 3 is 2.45 bits per heavy atom. The molecular formula is C10H19I. The van der Waals surface area contributed by atoms with Gasteiger partial charge in [0, 0.05) is 0 Å². The predicted octanol–water partition coefficient (Wildman–Crippen LogP) is 3.88. The van der Waals surface area contributed by atoms with Crippen molar-refractivity contribution in [3.8, 4) is 0 Å². The number of alkyl halides is 1. The zero-order valence-corrected chi connectivity index (χ0v) is 10.0. The molecule has 1 rings (SSSR count). The third-order valence-corrected chi connectivity index (χ3v) is 3.63. The van der Waals surface area contributed by atoms with Crippen LogP contribution in [0.5, 0.6) is 0 Å². The first-order valence-corrected chi connectivity index (χ1v) is 6.15. The third-order valence-electron chi connectivity index (χ3n) is 3.01. The Hall–Kier alpha value is 0.730. The van der Waals surface area contributed by atoms with E-state index in [1.165, 1.54) is 23.7 Å². The number of hydrogen-bond acceptors (Lipinski definition) is 0. The molecule has 0 amide bonds. The van der Waals surface area contributed by atoms with Crippen LogP contribution >= 0.6 is 22.6 Å². The van der Waals surface area contributed by atoms with Crippen LogP contribution in [-0.4, -0.2) is 4.43 Å². The summed E-state index contributed by atoms with van der Waals surface area (Å²) in [6, 6.07) is 0. The Balaban J connectivity index is 2.13. The smallest absolute Gasteiger partial charge is 0.000219 e. The van der Waals surface area contributed by atoms with Crippen LogP contribution in [0.2, 0.25) is 0 Å². The van der Waals surface area contributed by atoms with Crippen molar-refractivity contribution in [2.24, 2.45) is 17.3 Å². The van der Waals surface area contributed by atoms with Crippen molar-refractivity contribution >= 4 is 22.6 Å². The maximum atomic E-state index is 2.48. The van der Waals surface area contributed by atoms with Gasteiger partial charge in [0.05, 0.1) is 0 Å². The number of rotatable bonds is 4. The van der Waals surface area contributed by atoms with Crippen LogP contribution in [0.1, 0.15) is 40.0 Å². The lowest BCUT2D eigenvalue weighted by Crippen LogP contribution is -2.00. The van der Waals surface area contributed by atoms with E-state index in [9.17, 15) is 0 Å². The maximum absolute atomic E-state index is 2.48. The summed E-state index contributed by atoms with van der Waals surface area (Å²) in [5, 5.41) is 0. The monoisotopic (exact) mass is 266 g/mol. The van der Waals surface area contributed by atoms with Gasteiger partial charge in [0.15, 0.2) is 0 Å². The molecule has 1 fully saturated rings. The summed E-state index contributed by atoms with van der Waals surface area (Å²) in [5.74, 6) is 2.00. The molecule has 1 aliphatic rings. The first-order valence-electron chi connectivity index (χ1n) is 4.62. The second-order valence-corrected chi connectivity index (χ2v) is 5.79. The van der Waals surface area contributed by atoms with E-state index in [4.69, 9.17) is 0 Å². The minimum Gasteiger partial charge on any atom is -0.0864 e. The molecule has 0 heterocycles. The highest BCUT2D eigenvalue weighted by Gasteiger charge is 2.45. The molecule has 1 heteroatoms. The van der Waals surface area contributed by atoms with Crippen LogP contribution in [0.4, 0.5) is 0 Å². The Labute approximate surface area is 84.3 Å². The molecule has 0 radical (unpaired) electrons. The largest absolute Gasteiger partial charge is 0.0864 e. The molecule has 0 aliphatic heterocycles. The molecule has 0 saturated heterocycles. The fraction of sp³-hybridized carbons (Fsp3) is 1.00. The van der Waals surface area contributed by atoms with E-state index in [1.807, 2.05) is 0 Å². The van der Waals surface area contributed by atoms with Gasteiger partial charge in [0.1, 0.15) is 0 Å². The Morgan fingerprint density at radius 1 is 1.55 bits per heavy atom. The van der Waals surface area contributed by atoms with E-state index in [2.05, 4.69) is 43.4 Å². The Bertz CT molecular complexity index is 129. The summed E-state index contributed by atoms with van der Waals surface area (Å²) >= 11 is 2.48. The predicted molar refractivity (Wildman–Crippen MR) is 59.2 cm³/mol. The minimum absolute atomic E-state index is 0.694. The summed E-state index contributed by atoms with van der Waals surface area (Å²) in [5.41, 5.74) is 0.694. The average molecular weight is 266 g/mol. The van der Waals surface area contributed by atoms with Crippen molar-refractivity contribution < 1.29 is 0 Å². The van der Waals surface area contributed by atoms with E-state index in [0.29, 0.717) is 5.41 Å². The zero-order valence-electron chi connectivity index (χ0n) is 7.86. The highest BCUT2D eigenvalue weighted by Crippen LogP contribution is 2.54. The van der Waals surface area contributed by atoms with Crippen molar-refractivity contribution in [3.05, 3.63) is 0 Å². The lowest BCUT2D eigenvalue weighted by atomic mass is 9.98. The lowest BCUT2D eigenvalue weighted by molar-refractivity contribution is 0.432. The Morgan fingerprint density at radius 2 is 2.09 bits per heavy atom. The molecule has 1 saturated carbocycles. The first kappa shape index (κ1) is 9.82. The highest BCUT2D eigenvalue weighted by atomic mass is 127. The van der Waals surface area contributed by atoms with Crippen molar-refractivity contribution in [2.75, 3.05) is 4.43 Å². The Kier molecular flexibility index (Phi) is 3.24. The molecule has 0 aromatic carbocycles. The van der Waals surface area contributed by atoms with Crippen LogP contribution in [0.25, 0.3) is 0 Å². The molecule has 0 N–H and O–H groups in total. The van der Waals surface area contributed by atoms with E-state index in [1.54, 1.807) is 0 Å². The van der Waals surface area contributed by atoms with Gasteiger partial charge < -0.3 is 0 Å². The number of hydrogen-bond donors (Lipinski definition) is 0. The SMILES string of the molecule is CC(CCI)C[C@@H]1CC1(C)C. The third kappa shape index (κ3) is 2.92. The van der Waals surface area contributed by atoms with Crippen molar-refractivity contribution in [2.45, 2.75) is 40.0 Å². The topological polar surface area (TPSA) is 0 Å². The molecule has 0 bridgehead atoms. The molecule has 0 aromatic rings. The van der Waals surface area contributed by atoms with Gasteiger partial charge in [-0.15, -0.1) is 0 Å². The molecular weight excluding hydrogens is 247 g/mol. The van der Waals surface area contributed by atoms with Crippen LogP contribution < -0.4 is 0 Å². The van der Waals surface area contributed by atoms with E-state index >= 15 is 0 Å². The second kappa shape index (κ2) is 3.63. The summed E-state index contributed by atoms with van der Waals surface area (Å²) in [6.45, 7) is 7.19. The summed E-state index contributed by atoms with van der Waals surface area (Å²) in [4.78, 5) is 0. The van der Waals surface area contributed by atoms with Crippen LogP contribution in [0.3, 0.4) is 0 Å². The summed E-state index contributed by atoms with van der Waals surface area (Å²) < 4.78 is 1.33. The van der Waals surface area contributed by atoms with Gasteiger partial charge >= 0.3 is 0 Å². The van der Waals surface area contributed by atoms with Gasteiger partial charge in [-0.1, -0.05) is 43.4 Å². The van der Waals surface area contributed by atoms with Crippen LogP contribution in [-0.2, 0) is 0 Å². The van der Waals surface area contributed by atoms with Gasteiger partial charge in [-0.3, -0.25) is 0 Å². The highest BCUT2D eigenvalue weighted by molar-refractivity contribution is 14.1. The van der Waals surface area contributed by atoms with Gasteiger partial charge in [-0.25, -0.2) is 0 Å². The van der Waals surface area contributed by atoms with Crippen molar-refractivity contribution in [1.82, 2.24) is 0 Å². The summed E-state index contributed by atoms with van der Waals surface area (Å²) in [6.07, 6.45) is 4.35. The second-order valence-electron chi connectivity index (χ2n) is 4.71.